The van der Waals surface area contributed by atoms with Crippen molar-refractivity contribution in [2.24, 2.45) is 0 Å². The molecule has 88 valence electrons. The molecule has 1 aromatic heterocycles. The van der Waals surface area contributed by atoms with E-state index in [1.807, 2.05) is 23.6 Å². The van der Waals surface area contributed by atoms with Crippen molar-refractivity contribution in [2.45, 2.75) is 25.8 Å². The molecule has 0 spiro atoms. The zero-order valence-electron chi connectivity index (χ0n) is 9.47. The molecule has 1 saturated carbocycles. The van der Waals surface area contributed by atoms with Gasteiger partial charge >= 0.3 is 0 Å². The minimum atomic E-state index is 0.242. The SMILES string of the molecule is Cc1ccc(O)c(-c2n[nH]c(=S)n2C2CC2)c1. The smallest absolute Gasteiger partial charge is 0.195 e. The molecule has 0 bridgehead atoms. The van der Waals surface area contributed by atoms with Crippen LogP contribution in [0.4, 0.5) is 0 Å². The highest BCUT2D eigenvalue weighted by Crippen LogP contribution is 2.39. The average Bonchev–Trinajstić information content (AvgIpc) is 3.06. The molecule has 5 heteroatoms. The number of phenols is 1. The van der Waals surface area contributed by atoms with E-state index in [1.54, 1.807) is 6.07 Å². The Balaban J connectivity index is 2.21. The molecule has 0 atom stereocenters. The quantitative estimate of drug-likeness (QED) is 0.802. The summed E-state index contributed by atoms with van der Waals surface area (Å²) in [4.78, 5) is 0. The molecule has 0 amide bonds. The lowest BCUT2D eigenvalue weighted by atomic mass is 10.1. The van der Waals surface area contributed by atoms with E-state index in [0.29, 0.717) is 10.8 Å². The second kappa shape index (κ2) is 3.70. The van der Waals surface area contributed by atoms with Crippen molar-refractivity contribution in [3.8, 4) is 17.1 Å². The van der Waals surface area contributed by atoms with Gasteiger partial charge in [0.25, 0.3) is 0 Å². The largest absolute Gasteiger partial charge is 0.507 e. The van der Waals surface area contributed by atoms with Gasteiger partial charge < -0.3 is 5.11 Å². The summed E-state index contributed by atoms with van der Waals surface area (Å²) in [7, 11) is 0. The van der Waals surface area contributed by atoms with Crippen molar-refractivity contribution in [3.05, 3.63) is 28.5 Å². The van der Waals surface area contributed by atoms with Crippen LogP contribution in [0.15, 0.2) is 18.2 Å². The highest BCUT2D eigenvalue weighted by molar-refractivity contribution is 7.71. The average molecular weight is 247 g/mol. The summed E-state index contributed by atoms with van der Waals surface area (Å²) >= 11 is 5.23. The summed E-state index contributed by atoms with van der Waals surface area (Å²) in [5, 5.41) is 17.0. The fourth-order valence-electron chi connectivity index (χ4n) is 2.00. The maximum absolute atomic E-state index is 9.92. The number of nitrogens with zero attached hydrogens (tertiary/aromatic N) is 2. The molecule has 0 radical (unpaired) electrons. The molecule has 0 unspecified atom stereocenters. The van der Waals surface area contributed by atoms with E-state index in [4.69, 9.17) is 12.2 Å². The summed E-state index contributed by atoms with van der Waals surface area (Å²) in [6, 6.07) is 5.94. The van der Waals surface area contributed by atoms with Gasteiger partial charge in [0.1, 0.15) is 5.75 Å². The monoisotopic (exact) mass is 247 g/mol. The number of aromatic amines is 1. The van der Waals surface area contributed by atoms with Gasteiger partial charge in [0, 0.05) is 6.04 Å². The van der Waals surface area contributed by atoms with E-state index in [2.05, 4.69) is 10.2 Å². The lowest BCUT2D eigenvalue weighted by molar-refractivity contribution is 0.476. The number of hydrogen-bond acceptors (Lipinski definition) is 3. The summed E-state index contributed by atoms with van der Waals surface area (Å²) in [5.74, 6) is 0.977. The van der Waals surface area contributed by atoms with Crippen LogP contribution in [0.25, 0.3) is 11.4 Å². The molecule has 2 aromatic rings. The van der Waals surface area contributed by atoms with Crippen LogP contribution in [0.3, 0.4) is 0 Å². The number of nitrogens with one attached hydrogen (secondary N) is 1. The maximum atomic E-state index is 9.92. The highest BCUT2D eigenvalue weighted by Gasteiger charge is 2.28. The molecule has 17 heavy (non-hydrogen) atoms. The number of benzene rings is 1. The fourth-order valence-corrected chi connectivity index (χ4v) is 2.28. The lowest BCUT2D eigenvalue weighted by Crippen LogP contribution is -1.98. The number of aryl methyl sites for hydroxylation is 1. The van der Waals surface area contributed by atoms with Gasteiger partial charge in [-0.25, -0.2) is 0 Å². The van der Waals surface area contributed by atoms with Gasteiger partial charge in [-0.3, -0.25) is 9.67 Å². The third-order valence-electron chi connectivity index (χ3n) is 3.01. The Kier molecular flexibility index (Phi) is 2.29. The first-order valence-corrected chi connectivity index (χ1v) is 6.04. The predicted molar refractivity (Wildman–Crippen MR) is 67.5 cm³/mol. The number of aromatic nitrogens is 3. The minimum absolute atomic E-state index is 0.242. The number of phenolic OH excluding ortho intramolecular Hbond substituents is 1. The van der Waals surface area contributed by atoms with Crippen molar-refractivity contribution in [3.63, 3.8) is 0 Å². The molecular formula is C12H13N3OS. The third kappa shape index (κ3) is 1.76. The summed E-state index contributed by atoms with van der Waals surface area (Å²) in [5.41, 5.74) is 1.83. The van der Waals surface area contributed by atoms with E-state index in [0.717, 1.165) is 29.8 Å². The molecule has 2 N–H and O–H groups in total. The van der Waals surface area contributed by atoms with Crippen LogP contribution in [-0.2, 0) is 0 Å². The Bertz CT molecular complexity index is 625. The van der Waals surface area contributed by atoms with E-state index >= 15 is 0 Å². The fraction of sp³-hybridized carbons (Fsp3) is 0.333. The van der Waals surface area contributed by atoms with Crippen molar-refractivity contribution < 1.29 is 5.11 Å². The molecule has 1 aliphatic rings. The zero-order chi connectivity index (χ0) is 12.0. The second-order valence-corrected chi connectivity index (χ2v) is 4.86. The number of hydrogen-bond donors (Lipinski definition) is 2. The van der Waals surface area contributed by atoms with Crippen LogP contribution in [0.2, 0.25) is 0 Å². The van der Waals surface area contributed by atoms with Gasteiger partial charge in [0.05, 0.1) is 5.56 Å². The van der Waals surface area contributed by atoms with Gasteiger partial charge in [0.15, 0.2) is 10.6 Å². The van der Waals surface area contributed by atoms with Gasteiger partial charge in [-0.1, -0.05) is 11.6 Å². The normalized spacial score (nSPS) is 15.1. The Morgan fingerprint density at radius 1 is 1.47 bits per heavy atom. The van der Waals surface area contributed by atoms with Gasteiger partial charge in [-0.15, -0.1) is 0 Å². The molecule has 0 saturated heterocycles. The number of aromatic hydroxyl groups is 1. The Morgan fingerprint density at radius 2 is 2.24 bits per heavy atom. The standard InChI is InChI=1S/C12H13N3OS/c1-7-2-5-10(16)9(6-7)11-13-14-12(17)15(11)8-3-4-8/h2,5-6,8,16H,3-4H2,1H3,(H,14,17). The summed E-state index contributed by atoms with van der Waals surface area (Å²) in [6.45, 7) is 1.99. The number of H-pyrrole nitrogens is 1. The van der Waals surface area contributed by atoms with Gasteiger partial charge in [-0.2, -0.15) is 5.10 Å². The van der Waals surface area contributed by atoms with Crippen molar-refractivity contribution in [1.29, 1.82) is 0 Å². The molecule has 1 aromatic carbocycles. The van der Waals surface area contributed by atoms with E-state index in [9.17, 15) is 5.11 Å². The molecule has 1 fully saturated rings. The zero-order valence-corrected chi connectivity index (χ0v) is 10.3. The molecule has 1 aliphatic carbocycles. The van der Waals surface area contributed by atoms with Crippen LogP contribution in [-0.4, -0.2) is 19.9 Å². The van der Waals surface area contributed by atoms with Gasteiger partial charge in [-0.05, 0) is 44.1 Å². The molecule has 0 aliphatic heterocycles. The van der Waals surface area contributed by atoms with Crippen molar-refractivity contribution in [1.82, 2.24) is 14.8 Å². The van der Waals surface area contributed by atoms with E-state index in [1.165, 1.54) is 0 Å². The first kappa shape index (κ1) is 10.5. The van der Waals surface area contributed by atoms with Crippen LogP contribution in [0, 0.1) is 11.7 Å². The van der Waals surface area contributed by atoms with E-state index in [-0.39, 0.29) is 5.75 Å². The van der Waals surface area contributed by atoms with Crippen LogP contribution < -0.4 is 0 Å². The first-order chi connectivity index (χ1) is 8.16. The third-order valence-corrected chi connectivity index (χ3v) is 3.30. The second-order valence-electron chi connectivity index (χ2n) is 4.47. The van der Waals surface area contributed by atoms with Gasteiger partial charge in [0.2, 0.25) is 0 Å². The Labute approximate surface area is 104 Å². The molecule has 4 nitrogen and oxygen atoms in total. The first-order valence-electron chi connectivity index (χ1n) is 5.63. The molecule has 3 rings (SSSR count). The number of rotatable bonds is 2. The lowest BCUT2D eigenvalue weighted by Gasteiger charge is -2.07. The predicted octanol–water partition coefficient (Wildman–Crippen LogP) is 2.96. The molecule has 1 heterocycles. The summed E-state index contributed by atoms with van der Waals surface area (Å²) in [6.07, 6.45) is 2.26. The Morgan fingerprint density at radius 3 is 2.94 bits per heavy atom. The van der Waals surface area contributed by atoms with Crippen molar-refractivity contribution in [2.75, 3.05) is 0 Å². The minimum Gasteiger partial charge on any atom is -0.507 e. The van der Waals surface area contributed by atoms with Crippen LogP contribution in [0.1, 0.15) is 24.4 Å². The maximum Gasteiger partial charge on any atom is 0.195 e. The Hall–Kier alpha value is -1.62. The van der Waals surface area contributed by atoms with E-state index < -0.39 is 0 Å². The summed E-state index contributed by atoms with van der Waals surface area (Å²) < 4.78 is 2.63. The van der Waals surface area contributed by atoms with Crippen LogP contribution in [0.5, 0.6) is 5.75 Å². The van der Waals surface area contributed by atoms with Crippen molar-refractivity contribution >= 4 is 12.2 Å². The molecular weight excluding hydrogens is 234 g/mol. The topological polar surface area (TPSA) is 53.8 Å². The highest BCUT2D eigenvalue weighted by atomic mass is 32.1. The van der Waals surface area contributed by atoms with Crippen LogP contribution >= 0.6 is 12.2 Å².